The maximum Gasteiger partial charge on any atom is 0.220 e. The number of hydrogen-bond acceptors (Lipinski definition) is 3. The van der Waals surface area contributed by atoms with Gasteiger partial charge in [0.25, 0.3) is 0 Å². The Kier molecular flexibility index (Phi) is 5.08. The molecule has 5 nitrogen and oxygen atoms in total. The number of carbonyl (C=O) groups excluding carboxylic acids is 1. The van der Waals surface area contributed by atoms with Crippen molar-refractivity contribution in [3.63, 3.8) is 0 Å². The summed E-state index contributed by atoms with van der Waals surface area (Å²) in [5.41, 5.74) is 1.16. The molecule has 23 heavy (non-hydrogen) atoms. The van der Waals surface area contributed by atoms with Gasteiger partial charge in [-0.3, -0.25) is 4.79 Å². The molecule has 0 aliphatic heterocycles. The van der Waals surface area contributed by atoms with Gasteiger partial charge in [-0.1, -0.05) is 30.3 Å². The predicted octanol–water partition coefficient (Wildman–Crippen LogP) is 2.09. The molecular formula is C18H23N3O2. The smallest absolute Gasteiger partial charge is 0.220 e. The molecule has 0 spiro atoms. The molecule has 0 unspecified atom stereocenters. The first-order valence-electron chi connectivity index (χ1n) is 8.23. The minimum Gasteiger partial charge on any atom is -0.389 e. The number of rotatable bonds is 5. The second-order valence-corrected chi connectivity index (χ2v) is 6.16. The highest BCUT2D eigenvalue weighted by molar-refractivity contribution is 5.76. The lowest BCUT2D eigenvalue weighted by Gasteiger charge is -2.35. The van der Waals surface area contributed by atoms with Gasteiger partial charge in [-0.2, -0.15) is 0 Å². The van der Waals surface area contributed by atoms with Crippen LogP contribution in [-0.4, -0.2) is 32.7 Å². The van der Waals surface area contributed by atoms with Gasteiger partial charge >= 0.3 is 0 Å². The van der Waals surface area contributed by atoms with E-state index < -0.39 is 6.10 Å². The summed E-state index contributed by atoms with van der Waals surface area (Å²) >= 11 is 0. The van der Waals surface area contributed by atoms with Crippen LogP contribution in [0.5, 0.6) is 0 Å². The van der Waals surface area contributed by atoms with Crippen LogP contribution in [0, 0.1) is 0 Å². The van der Waals surface area contributed by atoms with Gasteiger partial charge < -0.3 is 15.0 Å². The van der Waals surface area contributed by atoms with Crippen molar-refractivity contribution in [3.8, 4) is 0 Å². The van der Waals surface area contributed by atoms with E-state index in [2.05, 4.69) is 10.3 Å². The third kappa shape index (κ3) is 3.99. The van der Waals surface area contributed by atoms with Gasteiger partial charge in [-0.25, -0.2) is 4.98 Å². The lowest BCUT2D eigenvalue weighted by Crippen LogP contribution is -2.49. The van der Waals surface area contributed by atoms with Gasteiger partial charge in [0.05, 0.1) is 24.5 Å². The van der Waals surface area contributed by atoms with Crippen LogP contribution in [0.25, 0.3) is 0 Å². The van der Waals surface area contributed by atoms with E-state index in [4.69, 9.17) is 0 Å². The van der Waals surface area contributed by atoms with Crippen LogP contribution in [0.1, 0.15) is 37.3 Å². The van der Waals surface area contributed by atoms with E-state index in [1.54, 1.807) is 12.5 Å². The van der Waals surface area contributed by atoms with Crippen molar-refractivity contribution < 1.29 is 9.90 Å². The van der Waals surface area contributed by atoms with Crippen LogP contribution in [-0.2, 0) is 11.2 Å². The first-order chi connectivity index (χ1) is 11.2. The van der Waals surface area contributed by atoms with Gasteiger partial charge in [-0.15, -0.1) is 0 Å². The number of amides is 1. The first kappa shape index (κ1) is 15.7. The van der Waals surface area contributed by atoms with Crippen LogP contribution < -0.4 is 5.32 Å². The number of nitrogens with one attached hydrogen (secondary N) is 1. The summed E-state index contributed by atoms with van der Waals surface area (Å²) in [6.07, 6.45) is 8.64. The van der Waals surface area contributed by atoms with Crippen molar-refractivity contribution in [1.29, 1.82) is 0 Å². The Morgan fingerprint density at radius 3 is 2.87 bits per heavy atom. The van der Waals surface area contributed by atoms with Crippen LogP contribution in [0.4, 0.5) is 0 Å². The van der Waals surface area contributed by atoms with E-state index in [-0.39, 0.29) is 18.0 Å². The maximum atomic E-state index is 12.2. The Balaban J connectivity index is 1.53. The van der Waals surface area contributed by atoms with E-state index in [0.29, 0.717) is 6.42 Å². The molecule has 0 saturated heterocycles. The van der Waals surface area contributed by atoms with Crippen LogP contribution in [0.3, 0.4) is 0 Å². The molecule has 1 aliphatic carbocycles. The molecule has 0 bridgehead atoms. The third-order valence-electron chi connectivity index (χ3n) is 4.56. The van der Waals surface area contributed by atoms with Gasteiger partial charge in [0.1, 0.15) is 0 Å². The molecule has 1 aromatic carbocycles. The monoisotopic (exact) mass is 313 g/mol. The SMILES string of the molecule is O=C(CCc1ccccc1)N[C@@H]1CCC[C@@H](n2ccnc2)[C@@H]1O. The molecule has 2 N–H and O–H groups in total. The standard InChI is InChI=1S/C18H23N3O2/c22-17(10-9-14-5-2-1-3-6-14)20-15-7-4-8-16(18(15)23)21-12-11-19-13-21/h1-3,5-6,11-13,15-16,18,23H,4,7-10H2,(H,20,22)/t15-,16-,18-/m1/s1. The second-order valence-electron chi connectivity index (χ2n) is 6.16. The molecule has 1 fully saturated rings. The van der Waals surface area contributed by atoms with Crippen molar-refractivity contribution >= 4 is 5.91 Å². The molecule has 3 rings (SSSR count). The van der Waals surface area contributed by atoms with E-state index in [0.717, 1.165) is 31.2 Å². The van der Waals surface area contributed by atoms with Crippen molar-refractivity contribution in [2.75, 3.05) is 0 Å². The van der Waals surface area contributed by atoms with Crippen LogP contribution in [0.2, 0.25) is 0 Å². The normalized spacial score (nSPS) is 24.3. The summed E-state index contributed by atoms with van der Waals surface area (Å²) in [5, 5.41) is 13.6. The number of nitrogens with zero attached hydrogens (tertiary/aromatic N) is 2. The zero-order valence-electron chi connectivity index (χ0n) is 13.1. The summed E-state index contributed by atoms with van der Waals surface area (Å²) in [6.45, 7) is 0. The molecule has 1 heterocycles. The van der Waals surface area contributed by atoms with E-state index in [1.807, 2.05) is 41.1 Å². The zero-order valence-corrected chi connectivity index (χ0v) is 13.1. The minimum absolute atomic E-state index is 0.00387. The number of carbonyl (C=O) groups is 1. The third-order valence-corrected chi connectivity index (χ3v) is 4.56. The van der Waals surface area contributed by atoms with Crippen molar-refractivity contribution in [3.05, 3.63) is 54.6 Å². The Hall–Kier alpha value is -2.14. The van der Waals surface area contributed by atoms with E-state index in [1.165, 1.54) is 0 Å². The number of aliphatic hydroxyl groups excluding tert-OH is 1. The Labute approximate surface area is 136 Å². The van der Waals surface area contributed by atoms with Crippen molar-refractivity contribution in [2.45, 2.75) is 50.3 Å². The Bertz CT molecular complexity index is 612. The summed E-state index contributed by atoms with van der Waals surface area (Å²) in [6, 6.07) is 9.79. The minimum atomic E-state index is -0.571. The number of imidazole rings is 1. The predicted molar refractivity (Wildman–Crippen MR) is 87.8 cm³/mol. The topological polar surface area (TPSA) is 67.2 Å². The quantitative estimate of drug-likeness (QED) is 0.888. The fourth-order valence-corrected chi connectivity index (χ4v) is 3.29. The second kappa shape index (κ2) is 7.42. The highest BCUT2D eigenvalue weighted by Gasteiger charge is 2.33. The van der Waals surface area contributed by atoms with Gasteiger partial charge in [0.15, 0.2) is 0 Å². The molecule has 2 aromatic rings. The van der Waals surface area contributed by atoms with Crippen LogP contribution in [0.15, 0.2) is 49.1 Å². The van der Waals surface area contributed by atoms with Gasteiger partial charge in [0, 0.05) is 18.8 Å². The number of aryl methyl sites for hydroxylation is 1. The highest BCUT2D eigenvalue weighted by Crippen LogP contribution is 2.28. The molecule has 5 heteroatoms. The molecule has 3 atom stereocenters. The number of aromatic nitrogens is 2. The highest BCUT2D eigenvalue weighted by atomic mass is 16.3. The van der Waals surface area contributed by atoms with Crippen molar-refractivity contribution in [2.24, 2.45) is 0 Å². The number of aliphatic hydroxyl groups is 1. The molecule has 1 amide bonds. The summed E-state index contributed by atoms with van der Waals surface area (Å²) in [7, 11) is 0. The lowest BCUT2D eigenvalue weighted by molar-refractivity contribution is -0.123. The molecule has 1 aliphatic rings. The summed E-state index contributed by atoms with van der Waals surface area (Å²) in [4.78, 5) is 16.2. The average Bonchev–Trinajstić information content (AvgIpc) is 3.10. The average molecular weight is 313 g/mol. The number of benzene rings is 1. The maximum absolute atomic E-state index is 12.2. The molecule has 0 radical (unpaired) electrons. The number of hydrogen-bond donors (Lipinski definition) is 2. The Morgan fingerprint density at radius 2 is 2.13 bits per heavy atom. The molecule has 1 saturated carbocycles. The largest absolute Gasteiger partial charge is 0.389 e. The summed E-state index contributed by atoms with van der Waals surface area (Å²) < 4.78 is 1.94. The zero-order chi connectivity index (χ0) is 16.1. The molecule has 122 valence electrons. The fourth-order valence-electron chi connectivity index (χ4n) is 3.29. The van der Waals surface area contributed by atoms with Gasteiger partial charge in [-0.05, 0) is 31.2 Å². The molecule has 1 aromatic heterocycles. The fraction of sp³-hybridized carbons (Fsp3) is 0.444. The van der Waals surface area contributed by atoms with Gasteiger partial charge in [0.2, 0.25) is 5.91 Å². The molecular weight excluding hydrogens is 290 g/mol. The van der Waals surface area contributed by atoms with Crippen molar-refractivity contribution in [1.82, 2.24) is 14.9 Å². The summed E-state index contributed by atoms with van der Waals surface area (Å²) in [5.74, 6) is 0.00387. The van der Waals surface area contributed by atoms with E-state index in [9.17, 15) is 9.90 Å². The Morgan fingerprint density at radius 1 is 1.30 bits per heavy atom. The lowest BCUT2D eigenvalue weighted by atomic mass is 9.87. The van der Waals surface area contributed by atoms with E-state index >= 15 is 0 Å². The first-order valence-corrected chi connectivity index (χ1v) is 8.23. The van der Waals surface area contributed by atoms with Crippen LogP contribution >= 0.6 is 0 Å².